The number of rotatable bonds is 10. The Labute approximate surface area is 191 Å². The summed E-state index contributed by atoms with van der Waals surface area (Å²) in [4.78, 5) is 34.7. The van der Waals surface area contributed by atoms with E-state index in [0.717, 1.165) is 22.8 Å². The standard InChI is InChI=1S/C25H24N2O6/c1-2-33-25(29)21-12-13-23(27(30)31)22(16-21)26-24(28)17-32-15-14-18-8-10-20(11-9-18)19-6-4-3-5-7-19/h3-13,16H,2,14-15,17H2,1H3,(H,26,28). The Morgan fingerprint density at radius 3 is 2.33 bits per heavy atom. The molecule has 8 nitrogen and oxygen atoms in total. The maximum atomic E-state index is 12.2. The topological polar surface area (TPSA) is 108 Å². The maximum Gasteiger partial charge on any atom is 0.338 e. The number of hydrogen-bond donors (Lipinski definition) is 1. The number of ether oxygens (including phenoxy) is 2. The van der Waals surface area contributed by atoms with Gasteiger partial charge in [-0.05, 0) is 42.2 Å². The molecule has 0 fully saturated rings. The molecule has 3 aromatic rings. The van der Waals surface area contributed by atoms with Crippen LogP contribution < -0.4 is 5.32 Å². The highest BCUT2D eigenvalue weighted by Crippen LogP contribution is 2.26. The van der Waals surface area contributed by atoms with Crippen molar-refractivity contribution in [1.82, 2.24) is 0 Å². The number of nitro groups is 1. The van der Waals surface area contributed by atoms with Gasteiger partial charge in [-0.25, -0.2) is 4.79 Å². The van der Waals surface area contributed by atoms with Crippen LogP contribution in [0.3, 0.4) is 0 Å². The molecule has 0 aliphatic carbocycles. The van der Waals surface area contributed by atoms with Crippen molar-refractivity contribution in [3.63, 3.8) is 0 Å². The summed E-state index contributed by atoms with van der Waals surface area (Å²) in [6.45, 7) is 1.85. The van der Waals surface area contributed by atoms with Gasteiger partial charge >= 0.3 is 5.97 Å². The van der Waals surface area contributed by atoms with Crippen molar-refractivity contribution in [1.29, 1.82) is 0 Å². The first kappa shape index (κ1) is 23.6. The fraction of sp³-hybridized carbons (Fsp3) is 0.200. The number of anilines is 1. The minimum absolute atomic E-state index is 0.0874. The molecule has 3 aromatic carbocycles. The third-order valence-corrected chi connectivity index (χ3v) is 4.81. The van der Waals surface area contributed by atoms with Crippen LogP contribution >= 0.6 is 0 Å². The smallest absolute Gasteiger partial charge is 0.338 e. The average Bonchev–Trinajstić information content (AvgIpc) is 2.83. The van der Waals surface area contributed by atoms with Crippen LogP contribution in [0.25, 0.3) is 11.1 Å². The number of hydrogen-bond acceptors (Lipinski definition) is 6. The van der Waals surface area contributed by atoms with E-state index >= 15 is 0 Å². The third kappa shape index (κ3) is 6.72. The first-order valence-electron chi connectivity index (χ1n) is 10.5. The summed E-state index contributed by atoms with van der Waals surface area (Å²) in [5.74, 6) is -1.18. The Hall–Kier alpha value is -4.04. The average molecular weight is 448 g/mol. The predicted molar refractivity (Wildman–Crippen MR) is 124 cm³/mol. The molecule has 0 spiro atoms. The van der Waals surface area contributed by atoms with Gasteiger partial charge in [-0.15, -0.1) is 0 Å². The summed E-state index contributed by atoms with van der Waals surface area (Å²) in [5, 5.41) is 13.7. The molecule has 0 aliphatic rings. The van der Waals surface area contributed by atoms with Gasteiger partial charge in [-0.1, -0.05) is 54.6 Å². The Morgan fingerprint density at radius 1 is 0.970 bits per heavy atom. The number of esters is 1. The van der Waals surface area contributed by atoms with Gasteiger partial charge in [0.25, 0.3) is 11.6 Å². The van der Waals surface area contributed by atoms with E-state index in [-0.39, 0.29) is 30.2 Å². The van der Waals surface area contributed by atoms with Crippen LogP contribution in [0.1, 0.15) is 22.8 Å². The zero-order valence-corrected chi connectivity index (χ0v) is 18.2. The molecule has 3 rings (SSSR count). The largest absolute Gasteiger partial charge is 0.462 e. The molecule has 0 aromatic heterocycles. The van der Waals surface area contributed by atoms with Crippen molar-refractivity contribution in [2.75, 3.05) is 25.1 Å². The molecule has 8 heteroatoms. The Balaban J connectivity index is 1.51. The van der Waals surface area contributed by atoms with E-state index in [2.05, 4.69) is 5.32 Å². The number of carbonyl (C=O) groups excluding carboxylic acids is 2. The zero-order chi connectivity index (χ0) is 23.6. The van der Waals surface area contributed by atoms with Crippen LogP contribution in [0.4, 0.5) is 11.4 Å². The van der Waals surface area contributed by atoms with Crippen molar-refractivity contribution in [2.45, 2.75) is 13.3 Å². The summed E-state index contributed by atoms with van der Waals surface area (Å²) < 4.78 is 10.3. The van der Waals surface area contributed by atoms with E-state index in [1.165, 1.54) is 12.1 Å². The molecular weight excluding hydrogens is 424 g/mol. The van der Waals surface area contributed by atoms with Crippen molar-refractivity contribution >= 4 is 23.3 Å². The fourth-order valence-electron chi connectivity index (χ4n) is 3.17. The van der Waals surface area contributed by atoms with Crippen LogP contribution in [0.15, 0.2) is 72.8 Å². The highest BCUT2D eigenvalue weighted by molar-refractivity contribution is 5.97. The Morgan fingerprint density at radius 2 is 1.67 bits per heavy atom. The highest BCUT2D eigenvalue weighted by atomic mass is 16.6. The lowest BCUT2D eigenvalue weighted by atomic mass is 10.0. The van der Waals surface area contributed by atoms with Crippen molar-refractivity contribution < 1.29 is 24.0 Å². The molecule has 0 aliphatic heterocycles. The van der Waals surface area contributed by atoms with Gasteiger partial charge in [0.1, 0.15) is 12.3 Å². The van der Waals surface area contributed by atoms with Gasteiger partial charge in [-0.2, -0.15) is 0 Å². The Kier molecular flexibility index (Phi) is 8.26. The number of nitro benzene ring substituents is 1. The first-order valence-corrected chi connectivity index (χ1v) is 10.5. The second-order valence-electron chi connectivity index (χ2n) is 7.12. The van der Waals surface area contributed by atoms with Crippen molar-refractivity contribution in [2.24, 2.45) is 0 Å². The van der Waals surface area contributed by atoms with Gasteiger partial charge in [-0.3, -0.25) is 14.9 Å². The van der Waals surface area contributed by atoms with Gasteiger partial charge in [0.15, 0.2) is 0 Å². The quantitative estimate of drug-likeness (QED) is 0.210. The summed E-state index contributed by atoms with van der Waals surface area (Å²) in [6.07, 6.45) is 0.612. The van der Waals surface area contributed by atoms with E-state index in [0.29, 0.717) is 13.0 Å². The summed E-state index contributed by atoms with van der Waals surface area (Å²) in [7, 11) is 0. The lowest BCUT2D eigenvalue weighted by molar-refractivity contribution is -0.383. The lowest BCUT2D eigenvalue weighted by Gasteiger charge is -2.09. The van der Waals surface area contributed by atoms with Crippen LogP contribution in [-0.2, 0) is 20.7 Å². The van der Waals surface area contributed by atoms with E-state index in [1.807, 2.05) is 54.6 Å². The second-order valence-corrected chi connectivity index (χ2v) is 7.12. The monoisotopic (exact) mass is 448 g/mol. The zero-order valence-electron chi connectivity index (χ0n) is 18.2. The molecule has 0 heterocycles. The SMILES string of the molecule is CCOC(=O)c1ccc([N+](=O)[O-])c(NC(=O)COCCc2ccc(-c3ccccc3)cc2)c1. The number of nitrogens with one attached hydrogen (secondary N) is 1. The van der Waals surface area contributed by atoms with Crippen molar-refractivity contribution in [3.05, 3.63) is 94.0 Å². The molecule has 0 saturated carbocycles. The number of carbonyl (C=O) groups is 2. The number of amides is 1. The summed E-state index contributed by atoms with van der Waals surface area (Å²) in [6, 6.07) is 21.8. The molecular formula is C25H24N2O6. The molecule has 0 radical (unpaired) electrons. The first-order chi connectivity index (χ1) is 16.0. The van der Waals surface area contributed by atoms with Crippen LogP contribution in [0.2, 0.25) is 0 Å². The minimum atomic E-state index is -0.634. The van der Waals surface area contributed by atoms with Gasteiger partial charge in [0, 0.05) is 6.07 Å². The third-order valence-electron chi connectivity index (χ3n) is 4.81. The van der Waals surface area contributed by atoms with Crippen molar-refractivity contribution in [3.8, 4) is 11.1 Å². The predicted octanol–water partition coefficient (Wildman–Crippen LogP) is 4.64. The van der Waals surface area contributed by atoms with E-state index in [1.54, 1.807) is 6.92 Å². The Bertz CT molecular complexity index is 1110. The molecule has 170 valence electrons. The number of nitrogens with zero attached hydrogens (tertiary/aromatic N) is 1. The molecule has 0 saturated heterocycles. The minimum Gasteiger partial charge on any atom is -0.462 e. The summed E-state index contributed by atoms with van der Waals surface area (Å²) >= 11 is 0. The van der Waals surface area contributed by atoms with E-state index in [9.17, 15) is 19.7 Å². The van der Waals surface area contributed by atoms with E-state index < -0.39 is 16.8 Å². The van der Waals surface area contributed by atoms with Gasteiger partial charge in [0.2, 0.25) is 0 Å². The fourth-order valence-corrected chi connectivity index (χ4v) is 3.17. The normalized spacial score (nSPS) is 10.5. The van der Waals surface area contributed by atoms with Crippen LogP contribution in [0.5, 0.6) is 0 Å². The van der Waals surface area contributed by atoms with E-state index in [4.69, 9.17) is 9.47 Å². The van der Waals surface area contributed by atoms with Gasteiger partial charge < -0.3 is 14.8 Å². The second kappa shape index (κ2) is 11.5. The highest BCUT2D eigenvalue weighted by Gasteiger charge is 2.19. The molecule has 0 atom stereocenters. The van der Waals surface area contributed by atoms with Gasteiger partial charge in [0.05, 0.1) is 23.7 Å². The molecule has 1 amide bonds. The number of benzene rings is 3. The molecule has 0 bridgehead atoms. The molecule has 0 unspecified atom stereocenters. The summed E-state index contributed by atoms with van der Waals surface area (Å²) in [5.41, 5.74) is 3.01. The molecule has 1 N–H and O–H groups in total. The van der Waals surface area contributed by atoms with Crippen LogP contribution in [-0.4, -0.2) is 36.6 Å². The van der Waals surface area contributed by atoms with Crippen LogP contribution in [0, 0.1) is 10.1 Å². The molecule has 33 heavy (non-hydrogen) atoms. The maximum absolute atomic E-state index is 12.2. The lowest BCUT2D eigenvalue weighted by Crippen LogP contribution is -2.20.